The standard InChI is InChI=1S/C20H14ClN3O2/c21-16-3-2-14(17(11-16)20(25)26)9-13-1-4-18-15(10-13)5-8-24(18)19-12-22-6-7-23-19/h1-8,10-12H,9H2,(H,25,26). The summed E-state index contributed by atoms with van der Waals surface area (Å²) in [5.41, 5.74) is 3.01. The highest BCUT2D eigenvalue weighted by Crippen LogP contribution is 2.24. The summed E-state index contributed by atoms with van der Waals surface area (Å²) in [5, 5.41) is 10.9. The summed E-state index contributed by atoms with van der Waals surface area (Å²) in [6, 6.07) is 13.0. The molecule has 0 amide bonds. The van der Waals surface area contributed by atoms with E-state index in [-0.39, 0.29) is 5.56 Å². The van der Waals surface area contributed by atoms with E-state index < -0.39 is 5.97 Å². The molecule has 0 spiro atoms. The zero-order chi connectivity index (χ0) is 18.1. The van der Waals surface area contributed by atoms with Crippen LogP contribution in [0.1, 0.15) is 21.5 Å². The third-order valence-electron chi connectivity index (χ3n) is 4.25. The van der Waals surface area contributed by atoms with E-state index in [1.54, 1.807) is 30.7 Å². The van der Waals surface area contributed by atoms with Gasteiger partial charge in [0.15, 0.2) is 5.82 Å². The summed E-state index contributed by atoms with van der Waals surface area (Å²) in [6.07, 6.45) is 7.47. The maximum Gasteiger partial charge on any atom is 0.336 e. The maximum absolute atomic E-state index is 11.5. The summed E-state index contributed by atoms with van der Waals surface area (Å²) >= 11 is 5.93. The van der Waals surface area contributed by atoms with Gasteiger partial charge in [-0.15, -0.1) is 0 Å². The fraction of sp³-hybridized carbons (Fsp3) is 0.0500. The lowest BCUT2D eigenvalue weighted by Crippen LogP contribution is -2.03. The van der Waals surface area contributed by atoms with Crippen molar-refractivity contribution < 1.29 is 9.90 Å². The van der Waals surface area contributed by atoms with Crippen molar-refractivity contribution in [2.24, 2.45) is 0 Å². The van der Waals surface area contributed by atoms with Crippen LogP contribution in [0.15, 0.2) is 67.3 Å². The fourth-order valence-corrected chi connectivity index (χ4v) is 3.21. The number of rotatable bonds is 4. The van der Waals surface area contributed by atoms with Crippen molar-refractivity contribution in [3.8, 4) is 5.82 Å². The van der Waals surface area contributed by atoms with Gasteiger partial charge < -0.3 is 5.11 Å². The molecule has 0 atom stereocenters. The molecule has 128 valence electrons. The Kier molecular flexibility index (Phi) is 4.14. The molecular formula is C20H14ClN3O2. The highest BCUT2D eigenvalue weighted by molar-refractivity contribution is 6.31. The molecule has 26 heavy (non-hydrogen) atoms. The minimum Gasteiger partial charge on any atom is -0.478 e. The molecule has 4 rings (SSSR count). The topological polar surface area (TPSA) is 68.0 Å². The second-order valence-electron chi connectivity index (χ2n) is 5.93. The second-order valence-corrected chi connectivity index (χ2v) is 6.36. The van der Waals surface area contributed by atoms with Gasteiger partial charge in [-0.05, 0) is 47.9 Å². The zero-order valence-electron chi connectivity index (χ0n) is 13.6. The van der Waals surface area contributed by atoms with Gasteiger partial charge in [-0.1, -0.05) is 23.7 Å². The molecular weight excluding hydrogens is 350 g/mol. The van der Waals surface area contributed by atoms with E-state index in [0.717, 1.165) is 27.8 Å². The molecule has 2 aromatic heterocycles. The lowest BCUT2D eigenvalue weighted by atomic mass is 9.99. The number of aromatic nitrogens is 3. The summed E-state index contributed by atoms with van der Waals surface area (Å²) < 4.78 is 1.97. The Morgan fingerprint density at radius 3 is 2.77 bits per heavy atom. The molecule has 0 fully saturated rings. The number of carboxylic acids is 1. The van der Waals surface area contributed by atoms with Gasteiger partial charge in [0.2, 0.25) is 0 Å². The quantitative estimate of drug-likeness (QED) is 0.584. The van der Waals surface area contributed by atoms with E-state index in [1.807, 2.05) is 29.0 Å². The number of carboxylic acid groups (broad SMARTS) is 1. The third kappa shape index (κ3) is 3.05. The summed E-state index contributed by atoms with van der Waals surface area (Å²) in [6.45, 7) is 0. The Balaban J connectivity index is 1.71. The number of aromatic carboxylic acids is 1. The van der Waals surface area contributed by atoms with Gasteiger partial charge in [-0.25, -0.2) is 9.78 Å². The van der Waals surface area contributed by atoms with Gasteiger partial charge >= 0.3 is 5.97 Å². The monoisotopic (exact) mass is 363 g/mol. The Morgan fingerprint density at radius 2 is 2.00 bits per heavy atom. The van der Waals surface area contributed by atoms with Crippen LogP contribution >= 0.6 is 11.6 Å². The van der Waals surface area contributed by atoms with Crippen molar-refractivity contribution in [2.75, 3.05) is 0 Å². The van der Waals surface area contributed by atoms with Crippen LogP contribution in [-0.2, 0) is 6.42 Å². The third-order valence-corrected chi connectivity index (χ3v) is 4.48. The largest absolute Gasteiger partial charge is 0.478 e. The Hall–Kier alpha value is -3.18. The van der Waals surface area contributed by atoms with Crippen LogP contribution in [0.4, 0.5) is 0 Å². The number of benzene rings is 2. The molecule has 1 N–H and O–H groups in total. The predicted octanol–water partition coefficient (Wildman–Crippen LogP) is 4.36. The molecule has 5 nitrogen and oxygen atoms in total. The molecule has 0 radical (unpaired) electrons. The van der Waals surface area contributed by atoms with Gasteiger partial charge in [-0.2, -0.15) is 0 Å². The van der Waals surface area contributed by atoms with E-state index in [1.165, 1.54) is 6.07 Å². The first-order chi connectivity index (χ1) is 12.6. The van der Waals surface area contributed by atoms with E-state index in [2.05, 4.69) is 16.0 Å². The van der Waals surface area contributed by atoms with Gasteiger partial charge in [0, 0.05) is 29.0 Å². The van der Waals surface area contributed by atoms with Crippen molar-refractivity contribution >= 4 is 28.5 Å². The Labute approximate surface area is 154 Å². The molecule has 0 saturated carbocycles. The first kappa shape index (κ1) is 16.3. The van der Waals surface area contributed by atoms with Crippen LogP contribution in [-0.4, -0.2) is 25.6 Å². The smallest absolute Gasteiger partial charge is 0.336 e. The van der Waals surface area contributed by atoms with Gasteiger partial charge in [0.25, 0.3) is 0 Å². The number of halogens is 1. The Bertz CT molecular complexity index is 1110. The first-order valence-electron chi connectivity index (χ1n) is 8.00. The highest BCUT2D eigenvalue weighted by Gasteiger charge is 2.12. The van der Waals surface area contributed by atoms with E-state index in [4.69, 9.17) is 11.6 Å². The van der Waals surface area contributed by atoms with Crippen LogP contribution in [0.3, 0.4) is 0 Å². The number of nitrogens with zero attached hydrogens (tertiary/aromatic N) is 3. The molecule has 6 heteroatoms. The van der Waals surface area contributed by atoms with Crippen LogP contribution in [0.2, 0.25) is 5.02 Å². The van der Waals surface area contributed by atoms with E-state index >= 15 is 0 Å². The molecule has 0 unspecified atom stereocenters. The molecule has 4 aromatic rings. The summed E-state index contributed by atoms with van der Waals surface area (Å²) in [7, 11) is 0. The molecule has 0 saturated heterocycles. The predicted molar refractivity (Wildman–Crippen MR) is 100 cm³/mol. The minimum absolute atomic E-state index is 0.231. The number of fused-ring (bicyclic) bond motifs is 1. The molecule has 0 aliphatic heterocycles. The van der Waals surface area contributed by atoms with Crippen molar-refractivity contribution in [1.82, 2.24) is 14.5 Å². The average molecular weight is 364 g/mol. The van der Waals surface area contributed by atoms with E-state index in [0.29, 0.717) is 11.4 Å². The van der Waals surface area contributed by atoms with Crippen LogP contribution in [0, 0.1) is 0 Å². The van der Waals surface area contributed by atoms with Crippen molar-refractivity contribution in [2.45, 2.75) is 6.42 Å². The van der Waals surface area contributed by atoms with Gasteiger partial charge in [0.05, 0.1) is 17.3 Å². The van der Waals surface area contributed by atoms with Crippen molar-refractivity contribution in [3.05, 3.63) is 89.0 Å². The lowest BCUT2D eigenvalue weighted by Gasteiger charge is -2.08. The SMILES string of the molecule is O=C(O)c1cc(Cl)ccc1Cc1ccc2c(ccn2-c2cnccn2)c1. The van der Waals surface area contributed by atoms with Gasteiger partial charge in [-0.3, -0.25) is 9.55 Å². The minimum atomic E-state index is -0.975. The van der Waals surface area contributed by atoms with Crippen molar-refractivity contribution in [3.63, 3.8) is 0 Å². The molecule has 0 bridgehead atoms. The van der Waals surface area contributed by atoms with Crippen molar-refractivity contribution in [1.29, 1.82) is 0 Å². The molecule has 0 aliphatic carbocycles. The first-order valence-corrected chi connectivity index (χ1v) is 8.38. The molecule has 2 aromatic carbocycles. The average Bonchev–Trinajstić information content (AvgIpc) is 3.07. The highest BCUT2D eigenvalue weighted by atomic mass is 35.5. The molecule has 2 heterocycles. The fourth-order valence-electron chi connectivity index (χ4n) is 3.04. The summed E-state index contributed by atoms with van der Waals surface area (Å²) in [5.74, 6) is -0.224. The lowest BCUT2D eigenvalue weighted by molar-refractivity contribution is 0.0696. The van der Waals surface area contributed by atoms with Crippen LogP contribution in [0.25, 0.3) is 16.7 Å². The van der Waals surface area contributed by atoms with Crippen LogP contribution < -0.4 is 0 Å². The Morgan fingerprint density at radius 1 is 1.12 bits per heavy atom. The number of hydrogen-bond acceptors (Lipinski definition) is 3. The molecule has 0 aliphatic rings. The van der Waals surface area contributed by atoms with Gasteiger partial charge in [0.1, 0.15) is 0 Å². The second kappa shape index (κ2) is 6.61. The van der Waals surface area contributed by atoms with E-state index in [9.17, 15) is 9.90 Å². The normalized spacial score (nSPS) is 11.0. The zero-order valence-corrected chi connectivity index (χ0v) is 14.4. The summed E-state index contributed by atoms with van der Waals surface area (Å²) in [4.78, 5) is 19.9. The number of carbonyl (C=O) groups is 1. The number of hydrogen-bond donors (Lipinski definition) is 1. The van der Waals surface area contributed by atoms with Crippen LogP contribution in [0.5, 0.6) is 0 Å². The maximum atomic E-state index is 11.5.